The van der Waals surface area contributed by atoms with Gasteiger partial charge >= 0.3 is 11.9 Å². The van der Waals surface area contributed by atoms with Crippen LogP contribution in [-0.4, -0.2) is 76.3 Å². The Bertz CT molecular complexity index is 548. The van der Waals surface area contributed by atoms with Gasteiger partial charge in [0, 0.05) is 32.7 Å². The van der Waals surface area contributed by atoms with Crippen LogP contribution in [0.25, 0.3) is 0 Å². The number of piperazine rings is 1. The number of carbonyl (C=O) groups is 2. The molecule has 1 aliphatic rings. The van der Waals surface area contributed by atoms with Crippen LogP contribution in [0.4, 0.5) is 0 Å². The molecule has 0 bridgehead atoms. The van der Waals surface area contributed by atoms with E-state index in [1.165, 1.54) is 5.56 Å². The lowest BCUT2D eigenvalue weighted by atomic mass is 10.1. The summed E-state index contributed by atoms with van der Waals surface area (Å²) in [6, 6.07) is 10.5. The molecule has 0 spiro atoms. The monoisotopic (exact) mass is 367 g/mol. The summed E-state index contributed by atoms with van der Waals surface area (Å²) in [5.41, 5.74) is 1.36. The summed E-state index contributed by atoms with van der Waals surface area (Å²) in [6.45, 7) is 8.61. The normalized spacial score (nSPS) is 14.2. The van der Waals surface area contributed by atoms with Crippen molar-refractivity contribution in [2.45, 2.75) is 13.3 Å². The van der Waals surface area contributed by atoms with Crippen LogP contribution in [-0.2, 0) is 16.0 Å². The Balaban J connectivity index is 0.000000450. The molecule has 1 aromatic rings. The molecule has 0 amide bonds. The molecule has 25 heavy (non-hydrogen) atoms. The minimum atomic E-state index is -1.82. The number of nitrogens with one attached hydrogen (secondary N) is 1. The molecule has 0 radical (unpaired) electrons. The molecule has 3 N–H and O–H groups in total. The van der Waals surface area contributed by atoms with E-state index < -0.39 is 11.9 Å². The Hall–Kier alpha value is -2.19. The SMILES string of the molecule is CCN1CCN(C(=S)NCCc2ccccc2)CC1.O=C(O)C(=O)O. The van der Waals surface area contributed by atoms with Gasteiger partial charge in [0.25, 0.3) is 0 Å². The molecule has 0 atom stereocenters. The van der Waals surface area contributed by atoms with Gasteiger partial charge in [0.1, 0.15) is 0 Å². The van der Waals surface area contributed by atoms with Crippen molar-refractivity contribution < 1.29 is 19.8 Å². The summed E-state index contributed by atoms with van der Waals surface area (Å²) >= 11 is 5.46. The van der Waals surface area contributed by atoms with E-state index in [0.717, 1.165) is 50.8 Å². The number of aliphatic carboxylic acids is 2. The summed E-state index contributed by atoms with van der Waals surface area (Å²) in [5.74, 6) is -3.65. The number of thiocarbonyl (C=S) groups is 1. The standard InChI is InChI=1S/C15H23N3S.C2H2O4/c1-2-17-10-12-18(13-11-17)15(19)16-9-8-14-6-4-3-5-7-14;3-1(4)2(5)6/h3-7H,2,8-13H2,1H3,(H,16,19);(H,3,4)(H,5,6). The Morgan fingerprint density at radius 2 is 1.64 bits per heavy atom. The van der Waals surface area contributed by atoms with Gasteiger partial charge < -0.3 is 25.3 Å². The molecule has 8 heteroatoms. The van der Waals surface area contributed by atoms with Gasteiger partial charge in [-0.2, -0.15) is 0 Å². The van der Waals surface area contributed by atoms with Crippen LogP contribution in [0.1, 0.15) is 12.5 Å². The third-order valence-corrected chi connectivity index (χ3v) is 4.22. The van der Waals surface area contributed by atoms with E-state index in [2.05, 4.69) is 52.4 Å². The highest BCUT2D eigenvalue weighted by Gasteiger charge is 2.17. The fraction of sp³-hybridized carbons (Fsp3) is 0.471. The fourth-order valence-electron chi connectivity index (χ4n) is 2.34. The van der Waals surface area contributed by atoms with Gasteiger partial charge in [-0.25, -0.2) is 9.59 Å². The fourth-order valence-corrected chi connectivity index (χ4v) is 2.62. The zero-order chi connectivity index (χ0) is 18.7. The number of carboxylic acids is 2. The van der Waals surface area contributed by atoms with E-state index in [1.807, 2.05) is 0 Å². The first-order chi connectivity index (χ1) is 11.9. The maximum Gasteiger partial charge on any atom is 0.414 e. The number of hydrogen-bond acceptors (Lipinski definition) is 4. The van der Waals surface area contributed by atoms with E-state index in [0.29, 0.717) is 0 Å². The highest BCUT2D eigenvalue weighted by molar-refractivity contribution is 7.80. The molecule has 1 aliphatic heterocycles. The van der Waals surface area contributed by atoms with Gasteiger partial charge in [0.15, 0.2) is 5.11 Å². The summed E-state index contributed by atoms with van der Waals surface area (Å²) in [6.07, 6.45) is 1.02. The molecular weight excluding hydrogens is 342 g/mol. The molecule has 1 fully saturated rings. The lowest BCUT2D eigenvalue weighted by Crippen LogP contribution is -2.51. The molecule has 0 aliphatic carbocycles. The first kappa shape index (κ1) is 20.9. The lowest BCUT2D eigenvalue weighted by Gasteiger charge is -2.35. The summed E-state index contributed by atoms with van der Waals surface area (Å²) in [5, 5.41) is 19.1. The van der Waals surface area contributed by atoms with Crippen molar-refractivity contribution in [1.29, 1.82) is 0 Å². The Morgan fingerprint density at radius 3 is 2.12 bits per heavy atom. The van der Waals surface area contributed by atoms with Crippen LogP contribution in [0.3, 0.4) is 0 Å². The minimum absolute atomic E-state index is 0.909. The molecule has 1 heterocycles. The summed E-state index contributed by atoms with van der Waals surface area (Å²) < 4.78 is 0. The van der Waals surface area contributed by atoms with Crippen LogP contribution >= 0.6 is 12.2 Å². The van der Waals surface area contributed by atoms with Gasteiger partial charge in [-0.15, -0.1) is 0 Å². The second-order valence-electron chi connectivity index (χ2n) is 5.50. The number of carboxylic acid groups (broad SMARTS) is 2. The van der Waals surface area contributed by atoms with E-state index in [9.17, 15) is 0 Å². The number of benzene rings is 1. The van der Waals surface area contributed by atoms with Crippen molar-refractivity contribution in [3.8, 4) is 0 Å². The second-order valence-corrected chi connectivity index (χ2v) is 5.89. The van der Waals surface area contributed by atoms with Crippen LogP contribution in [0.15, 0.2) is 30.3 Å². The highest BCUT2D eigenvalue weighted by Crippen LogP contribution is 2.02. The first-order valence-corrected chi connectivity index (χ1v) is 8.60. The van der Waals surface area contributed by atoms with E-state index in [-0.39, 0.29) is 0 Å². The van der Waals surface area contributed by atoms with Crippen LogP contribution in [0.2, 0.25) is 0 Å². The third kappa shape index (κ3) is 8.46. The zero-order valence-corrected chi connectivity index (χ0v) is 15.2. The molecule has 1 saturated heterocycles. The Labute approximate surface area is 153 Å². The molecular formula is C17H25N3O4S. The zero-order valence-electron chi connectivity index (χ0n) is 14.4. The van der Waals surface area contributed by atoms with Crippen molar-refractivity contribution >= 4 is 29.3 Å². The maximum atomic E-state index is 9.10. The predicted octanol–water partition coefficient (Wildman–Crippen LogP) is 0.897. The molecule has 0 saturated carbocycles. The molecule has 0 aromatic heterocycles. The van der Waals surface area contributed by atoms with Crippen molar-refractivity contribution in [3.05, 3.63) is 35.9 Å². The lowest BCUT2D eigenvalue weighted by molar-refractivity contribution is -0.159. The number of hydrogen-bond donors (Lipinski definition) is 3. The van der Waals surface area contributed by atoms with E-state index in [1.54, 1.807) is 0 Å². The average molecular weight is 367 g/mol. The molecule has 1 aromatic carbocycles. The minimum Gasteiger partial charge on any atom is -0.473 e. The van der Waals surface area contributed by atoms with Crippen LogP contribution in [0, 0.1) is 0 Å². The predicted molar refractivity (Wildman–Crippen MR) is 99.7 cm³/mol. The number of likely N-dealkylation sites (N-methyl/N-ethyl adjacent to an activating group) is 1. The maximum absolute atomic E-state index is 9.10. The molecule has 2 rings (SSSR count). The Kier molecular flexibility index (Phi) is 9.49. The average Bonchev–Trinajstić information content (AvgIpc) is 2.63. The van der Waals surface area contributed by atoms with Gasteiger partial charge in [-0.3, -0.25) is 0 Å². The van der Waals surface area contributed by atoms with Crippen molar-refractivity contribution in [3.63, 3.8) is 0 Å². The number of rotatable bonds is 4. The molecule has 7 nitrogen and oxygen atoms in total. The van der Waals surface area contributed by atoms with Gasteiger partial charge in [0.2, 0.25) is 0 Å². The van der Waals surface area contributed by atoms with Crippen LogP contribution in [0.5, 0.6) is 0 Å². The topological polar surface area (TPSA) is 93.1 Å². The highest BCUT2D eigenvalue weighted by atomic mass is 32.1. The van der Waals surface area contributed by atoms with Crippen LogP contribution < -0.4 is 5.32 Å². The van der Waals surface area contributed by atoms with Gasteiger partial charge in [-0.1, -0.05) is 37.3 Å². The summed E-state index contributed by atoms with van der Waals surface area (Å²) in [7, 11) is 0. The molecule has 138 valence electrons. The number of nitrogens with zero attached hydrogens (tertiary/aromatic N) is 2. The largest absolute Gasteiger partial charge is 0.473 e. The Morgan fingerprint density at radius 1 is 1.08 bits per heavy atom. The first-order valence-electron chi connectivity index (χ1n) is 8.19. The van der Waals surface area contributed by atoms with Crippen molar-refractivity contribution in [1.82, 2.24) is 15.1 Å². The van der Waals surface area contributed by atoms with Gasteiger partial charge in [0.05, 0.1) is 0 Å². The van der Waals surface area contributed by atoms with Crippen molar-refractivity contribution in [2.75, 3.05) is 39.3 Å². The van der Waals surface area contributed by atoms with Crippen molar-refractivity contribution in [2.24, 2.45) is 0 Å². The van der Waals surface area contributed by atoms with Gasteiger partial charge in [-0.05, 0) is 30.7 Å². The quantitative estimate of drug-likeness (QED) is 0.534. The molecule has 0 unspecified atom stereocenters. The smallest absolute Gasteiger partial charge is 0.414 e. The second kappa shape index (κ2) is 11.4. The summed E-state index contributed by atoms with van der Waals surface area (Å²) in [4.78, 5) is 22.9. The third-order valence-electron chi connectivity index (χ3n) is 3.82. The van der Waals surface area contributed by atoms with E-state index in [4.69, 9.17) is 32.0 Å². The van der Waals surface area contributed by atoms with E-state index >= 15 is 0 Å².